The summed E-state index contributed by atoms with van der Waals surface area (Å²) >= 11 is 0. The van der Waals surface area contributed by atoms with Crippen LogP contribution in [0.5, 0.6) is 0 Å². The van der Waals surface area contributed by atoms with E-state index in [-0.39, 0.29) is 30.3 Å². The zero-order valence-electron chi connectivity index (χ0n) is 17.2. The highest BCUT2D eigenvalue weighted by Gasteiger charge is 2.66. The molecule has 0 bridgehead atoms. The summed E-state index contributed by atoms with van der Waals surface area (Å²) in [7, 11) is 1.71. The number of aliphatic hydroxyl groups is 1. The van der Waals surface area contributed by atoms with Gasteiger partial charge in [0, 0.05) is 36.3 Å². The van der Waals surface area contributed by atoms with Gasteiger partial charge in [-0.3, -0.25) is 9.20 Å². The SMILES string of the molecule is CCOC(=O)c1nc(-c2cccc(C#CC3(O)C(=O)N(C)C4CC43)c2)c2ccccn12. The molecule has 2 aliphatic rings. The lowest BCUT2D eigenvalue weighted by Gasteiger charge is -2.18. The van der Waals surface area contributed by atoms with Crippen LogP contribution in [0, 0.1) is 17.8 Å². The standard InChI is InChI=1S/C24H21N3O4/c1-3-31-22(28)21-25-20(18-9-4-5-12-27(18)21)16-8-6-7-15(13-16)10-11-24(30)17-14-19(17)26(2)23(24)29/h4-9,12-13,17,19,30H,3,14H2,1-2H3. The van der Waals surface area contributed by atoms with Crippen LogP contribution in [0.25, 0.3) is 16.8 Å². The third-order valence-corrected chi connectivity index (χ3v) is 5.98. The Bertz CT molecular complexity index is 1280. The molecule has 3 unspecified atom stereocenters. The lowest BCUT2D eigenvalue weighted by atomic mass is 9.98. The Balaban J connectivity index is 1.53. The molecule has 0 radical (unpaired) electrons. The number of carbonyl (C=O) groups excluding carboxylic acids is 2. The summed E-state index contributed by atoms with van der Waals surface area (Å²) in [6.45, 7) is 2.01. The fraction of sp³-hybridized carbons (Fsp3) is 0.292. The van der Waals surface area contributed by atoms with Crippen molar-refractivity contribution in [2.24, 2.45) is 5.92 Å². The summed E-state index contributed by atoms with van der Waals surface area (Å²) in [4.78, 5) is 30.8. The van der Waals surface area contributed by atoms with Crippen LogP contribution in [0.2, 0.25) is 0 Å². The maximum Gasteiger partial charge on any atom is 0.374 e. The van der Waals surface area contributed by atoms with Gasteiger partial charge < -0.3 is 14.7 Å². The number of imidazole rings is 1. The number of nitrogens with zero attached hydrogens (tertiary/aromatic N) is 3. The number of esters is 1. The lowest BCUT2D eigenvalue weighted by Crippen LogP contribution is -2.41. The Morgan fingerprint density at radius 3 is 2.90 bits per heavy atom. The molecule has 5 rings (SSSR count). The van der Waals surface area contributed by atoms with E-state index < -0.39 is 11.6 Å². The van der Waals surface area contributed by atoms with Crippen LogP contribution in [0.1, 0.15) is 29.5 Å². The number of likely N-dealkylation sites (tertiary alicyclic amines) is 1. The number of carbonyl (C=O) groups is 2. The maximum absolute atomic E-state index is 12.4. The fourth-order valence-corrected chi connectivity index (χ4v) is 4.28. The maximum atomic E-state index is 12.4. The highest BCUT2D eigenvalue weighted by atomic mass is 16.5. The Labute approximate surface area is 179 Å². The van der Waals surface area contributed by atoms with E-state index in [0.717, 1.165) is 17.5 Å². The summed E-state index contributed by atoms with van der Waals surface area (Å²) in [5.41, 5.74) is 1.21. The number of piperidine rings is 1. The molecular formula is C24H21N3O4. The monoisotopic (exact) mass is 415 g/mol. The van der Waals surface area contributed by atoms with Crippen LogP contribution >= 0.6 is 0 Å². The molecule has 31 heavy (non-hydrogen) atoms. The van der Waals surface area contributed by atoms with E-state index >= 15 is 0 Å². The van der Waals surface area contributed by atoms with Crippen LogP contribution in [0.4, 0.5) is 0 Å². The van der Waals surface area contributed by atoms with Gasteiger partial charge in [0.15, 0.2) is 0 Å². The number of hydrogen-bond acceptors (Lipinski definition) is 5. The molecule has 3 atom stereocenters. The average Bonchev–Trinajstić information content (AvgIpc) is 3.46. The second kappa shape index (κ2) is 6.96. The molecule has 1 aliphatic carbocycles. The smallest absolute Gasteiger partial charge is 0.374 e. The number of likely N-dealkylation sites (N-methyl/N-ethyl adjacent to an activating group) is 1. The van der Waals surface area contributed by atoms with Crippen molar-refractivity contribution in [1.29, 1.82) is 0 Å². The van der Waals surface area contributed by atoms with Gasteiger partial charge >= 0.3 is 5.97 Å². The molecular weight excluding hydrogens is 394 g/mol. The van der Waals surface area contributed by atoms with Crippen molar-refractivity contribution in [3.05, 3.63) is 60.0 Å². The number of hydrogen-bond donors (Lipinski definition) is 1. The average molecular weight is 415 g/mol. The van der Waals surface area contributed by atoms with E-state index in [1.54, 1.807) is 29.5 Å². The molecule has 2 aromatic heterocycles. The van der Waals surface area contributed by atoms with Gasteiger partial charge in [-0.05, 0) is 37.6 Å². The summed E-state index contributed by atoms with van der Waals surface area (Å²) < 4.78 is 6.84. The first-order chi connectivity index (χ1) is 14.9. The molecule has 7 heteroatoms. The minimum absolute atomic E-state index is 0.0938. The first-order valence-corrected chi connectivity index (χ1v) is 10.2. The van der Waals surface area contributed by atoms with Crippen molar-refractivity contribution in [3.63, 3.8) is 0 Å². The van der Waals surface area contributed by atoms with Crippen molar-refractivity contribution >= 4 is 17.4 Å². The largest absolute Gasteiger partial charge is 0.460 e. The number of fused-ring (bicyclic) bond motifs is 2. The van der Waals surface area contributed by atoms with Gasteiger partial charge in [0.2, 0.25) is 11.4 Å². The first-order valence-electron chi connectivity index (χ1n) is 10.2. The lowest BCUT2D eigenvalue weighted by molar-refractivity contribution is -0.140. The van der Waals surface area contributed by atoms with Crippen molar-refractivity contribution < 1.29 is 19.4 Å². The zero-order chi connectivity index (χ0) is 21.8. The molecule has 7 nitrogen and oxygen atoms in total. The summed E-state index contributed by atoms with van der Waals surface area (Å²) in [6, 6.07) is 13.1. The van der Waals surface area contributed by atoms with Crippen LogP contribution < -0.4 is 0 Å². The molecule has 156 valence electrons. The molecule has 2 fully saturated rings. The number of benzene rings is 1. The highest BCUT2D eigenvalue weighted by Crippen LogP contribution is 2.50. The van der Waals surface area contributed by atoms with E-state index in [2.05, 4.69) is 16.8 Å². The Morgan fingerprint density at radius 2 is 2.16 bits per heavy atom. The molecule has 1 saturated heterocycles. The molecule has 1 saturated carbocycles. The van der Waals surface area contributed by atoms with Crippen molar-refractivity contribution in [2.75, 3.05) is 13.7 Å². The molecule has 1 amide bonds. The summed E-state index contributed by atoms with van der Waals surface area (Å²) in [5, 5.41) is 10.8. The van der Waals surface area contributed by atoms with Gasteiger partial charge in [0.1, 0.15) is 0 Å². The van der Waals surface area contributed by atoms with Gasteiger partial charge in [-0.1, -0.05) is 30.0 Å². The van der Waals surface area contributed by atoms with E-state index in [9.17, 15) is 14.7 Å². The molecule has 3 aromatic rings. The van der Waals surface area contributed by atoms with Gasteiger partial charge in [-0.2, -0.15) is 0 Å². The van der Waals surface area contributed by atoms with Crippen LogP contribution in [-0.4, -0.2) is 56.6 Å². The third-order valence-electron chi connectivity index (χ3n) is 5.98. The minimum Gasteiger partial charge on any atom is -0.460 e. The van der Waals surface area contributed by atoms with Gasteiger partial charge in [-0.25, -0.2) is 9.78 Å². The molecule has 1 N–H and O–H groups in total. The van der Waals surface area contributed by atoms with Crippen molar-refractivity contribution in [3.8, 4) is 23.1 Å². The molecule has 3 heterocycles. The third kappa shape index (κ3) is 2.99. The van der Waals surface area contributed by atoms with Crippen LogP contribution in [0.15, 0.2) is 48.7 Å². The molecule has 1 aliphatic heterocycles. The van der Waals surface area contributed by atoms with E-state index in [1.165, 1.54) is 0 Å². The predicted molar refractivity (Wildman–Crippen MR) is 113 cm³/mol. The normalized spacial score (nSPS) is 24.0. The Hall–Kier alpha value is -3.63. The van der Waals surface area contributed by atoms with E-state index in [1.807, 2.05) is 42.5 Å². The Morgan fingerprint density at radius 1 is 1.32 bits per heavy atom. The van der Waals surface area contributed by atoms with E-state index in [0.29, 0.717) is 11.3 Å². The number of amides is 1. The van der Waals surface area contributed by atoms with Crippen molar-refractivity contribution in [1.82, 2.24) is 14.3 Å². The number of pyridine rings is 1. The predicted octanol–water partition coefficient (Wildman–Crippen LogP) is 2.12. The van der Waals surface area contributed by atoms with Crippen LogP contribution in [0.3, 0.4) is 0 Å². The second-order valence-electron chi connectivity index (χ2n) is 7.88. The van der Waals surface area contributed by atoms with Gasteiger partial charge in [-0.15, -0.1) is 0 Å². The number of aromatic nitrogens is 2. The summed E-state index contributed by atoms with van der Waals surface area (Å²) in [5.74, 6) is 5.05. The zero-order valence-corrected chi connectivity index (χ0v) is 17.2. The molecule has 1 aromatic carbocycles. The minimum atomic E-state index is -1.62. The fourth-order valence-electron chi connectivity index (χ4n) is 4.28. The quantitative estimate of drug-likeness (QED) is 0.523. The molecule has 0 spiro atoms. The first kappa shape index (κ1) is 19.3. The highest BCUT2D eigenvalue weighted by molar-refractivity contribution is 5.93. The van der Waals surface area contributed by atoms with Gasteiger partial charge in [0.05, 0.1) is 17.8 Å². The number of rotatable bonds is 3. The second-order valence-corrected chi connectivity index (χ2v) is 7.88. The number of ether oxygens (including phenoxy) is 1. The van der Waals surface area contributed by atoms with Crippen molar-refractivity contribution in [2.45, 2.75) is 25.0 Å². The Kier molecular flexibility index (Phi) is 4.34. The van der Waals surface area contributed by atoms with Gasteiger partial charge in [0.25, 0.3) is 5.91 Å². The summed E-state index contributed by atoms with van der Waals surface area (Å²) in [6.07, 6.45) is 2.55. The van der Waals surface area contributed by atoms with Crippen LogP contribution in [-0.2, 0) is 9.53 Å². The van der Waals surface area contributed by atoms with E-state index in [4.69, 9.17) is 4.74 Å². The topological polar surface area (TPSA) is 84.1 Å².